The van der Waals surface area contributed by atoms with Gasteiger partial charge < -0.3 is 4.74 Å². The SMILES string of the molecule is CC.COc1ccc(C(=O)C(C)C)cc1. The smallest absolute Gasteiger partial charge is 0.165 e. The van der Waals surface area contributed by atoms with Gasteiger partial charge in [-0.3, -0.25) is 4.79 Å². The molecule has 1 aromatic carbocycles. The zero-order chi connectivity index (χ0) is 11.8. The number of methoxy groups -OCH3 is 1. The maximum Gasteiger partial charge on any atom is 0.165 e. The first kappa shape index (κ1) is 13.7. The lowest BCUT2D eigenvalue weighted by atomic mass is 10.0. The van der Waals surface area contributed by atoms with E-state index in [-0.39, 0.29) is 11.7 Å². The number of benzene rings is 1. The Morgan fingerprint density at radius 3 is 1.93 bits per heavy atom. The van der Waals surface area contributed by atoms with Crippen LogP contribution in [0.1, 0.15) is 38.1 Å². The lowest BCUT2D eigenvalue weighted by Gasteiger charge is -2.04. The lowest BCUT2D eigenvalue weighted by molar-refractivity contribution is 0.0939. The van der Waals surface area contributed by atoms with Gasteiger partial charge in [0.05, 0.1) is 7.11 Å². The third-order valence-electron chi connectivity index (χ3n) is 1.90. The van der Waals surface area contributed by atoms with E-state index < -0.39 is 0 Å². The van der Waals surface area contributed by atoms with Gasteiger partial charge in [-0.05, 0) is 24.3 Å². The van der Waals surface area contributed by atoms with Crippen molar-refractivity contribution in [1.29, 1.82) is 0 Å². The molecule has 1 aromatic rings. The van der Waals surface area contributed by atoms with Gasteiger partial charge in [0.15, 0.2) is 5.78 Å². The number of hydrogen-bond acceptors (Lipinski definition) is 2. The summed E-state index contributed by atoms with van der Waals surface area (Å²) in [6, 6.07) is 7.19. The Morgan fingerprint density at radius 1 is 1.13 bits per heavy atom. The zero-order valence-electron chi connectivity index (χ0n) is 10.2. The van der Waals surface area contributed by atoms with E-state index >= 15 is 0 Å². The molecule has 0 spiro atoms. The van der Waals surface area contributed by atoms with Crippen LogP contribution in [0.3, 0.4) is 0 Å². The summed E-state index contributed by atoms with van der Waals surface area (Å²) >= 11 is 0. The standard InChI is InChI=1S/C11H14O2.C2H6/c1-8(2)11(12)9-4-6-10(13-3)7-5-9;1-2/h4-8H,1-3H3;1-2H3. The third-order valence-corrected chi connectivity index (χ3v) is 1.90. The normalized spacial score (nSPS) is 9.20. The highest BCUT2D eigenvalue weighted by atomic mass is 16.5. The number of ether oxygens (including phenoxy) is 1. The fraction of sp³-hybridized carbons (Fsp3) is 0.462. The second-order valence-corrected chi connectivity index (χ2v) is 3.25. The molecule has 0 heterocycles. The summed E-state index contributed by atoms with van der Waals surface area (Å²) in [6.07, 6.45) is 0. The van der Waals surface area contributed by atoms with Crippen molar-refractivity contribution in [2.75, 3.05) is 7.11 Å². The quantitative estimate of drug-likeness (QED) is 0.710. The summed E-state index contributed by atoms with van der Waals surface area (Å²) in [6.45, 7) is 7.79. The number of hydrogen-bond donors (Lipinski definition) is 0. The van der Waals surface area contributed by atoms with E-state index in [1.807, 2.05) is 27.7 Å². The van der Waals surface area contributed by atoms with E-state index in [9.17, 15) is 4.79 Å². The number of rotatable bonds is 3. The highest BCUT2D eigenvalue weighted by Crippen LogP contribution is 2.14. The maximum atomic E-state index is 11.5. The van der Waals surface area contributed by atoms with Crippen LogP contribution in [0.25, 0.3) is 0 Å². The summed E-state index contributed by atoms with van der Waals surface area (Å²) in [5.41, 5.74) is 0.746. The molecule has 0 aromatic heterocycles. The van der Waals surface area contributed by atoms with Crippen LogP contribution in [0.4, 0.5) is 0 Å². The predicted octanol–water partition coefficient (Wildman–Crippen LogP) is 3.56. The average Bonchev–Trinajstić information content (AvgIpc) is 2.31. The molecule has 84 valence electrons. The van der Waals surface area contributed by atoms with Gasteiger partial charge >= 0.3 is 0 Å². The Hall–Kier alpha value is -1.31. The van der Waals surface area contributed by atoms with Gasteiger partial charge in [0.2, 0.25) is 0 Å². The Kier molecular flexibility index (Phi) is 6.43. The van der Waals surface area contributed by atoms with Crippen molar-refractivity contribution in [3.63, 3.8) is 0 Å². The van der Waals surface area contributed by atoms with E-state index in [4.69, 9.17) is 4.74 Å². The Labute approximate surface area is 92.3 Å². The number of carbonyl (C=O) groups excluding carboxylic acids is 1. The monoisotopic (exact) mass is 208 g/mol. The van der Waals surface area contributed by atoms with E-state index in [2.05, 4.69) is 0 Å². The van der Waals surface area contributed by atoms with Crippen LogP contribution in [-0.2, 0) is 0 Å². The molecule has 15 heavy (non-hydrogen) atoms. The molecule has 1 rings (SSSR count). The van der Waals surface area contributed by atoms with Crippen LogP contribution < -0.4 is 4.74 Å². The first-order valence-corrected chi connectivity index (χ1v) is 5.33. The van der Waals surface area contributed by atoms with E-state index in [1.165, 1.54) is 0 Å². The third kappa shape index (κ3) is 4.15. The van der Waals surface area contributed by atoms with Crippen molar-refractivity contribution < 1.29 is 9.53 Å². The summed E-state index contributed by atoms with van der Waals surface area (Å²) in [7, 11) is 1.61. The summed E-state index contributed by atoms with van der Waals surface area (Å²) in [5.74, 6) is 0.997. The Morgan fingerprint density at radius 2 is 1.60 bits per heavy atom. The van der Waals surface area contributed by atoms with Crippen LogP contribution >= 0.6 is 0 Å². The second kappa shape index (κ2) is 7.04. The molecule has 0 N–H and O–H groups in total. The average molecular weight is 208 g/mol. The highest BCUT2D eigenvalue weighted by Gasteiger charge is 2.09. The van der Waals surface area contributed by atoms with Crippen molar-refractivity contribution in [2.24, 2.45) is 5.92 Å². The molecule has 0 saturated carbocycles. The topological polar surface area (TPSA) is 26.3 Å². The lowest BCUT2D eigenvalue weighted by Crippen LogP contribution is -2.06. The fourth-order valence-electron chi connectivity index (χ4n) is 1.09. The summed E-state index contributed by atoms with van der Waals surface area (Å²) in [4.78, 5) is 11.5. The van der Waals surface area contributed by atoms with Crippen LogP contribution in [0.15, 0.2) is 24.3 Å². The fourth-order valence-corrected chi connectivity index (χ4v) is 1.09. The van der Waals surface area contributed by atoms with Crippen LogP contribution in [0.5, 0.6) is 5.75 Å². The minimum absolute atomic E-state index is 0.0494. The molecule has 0 aliphatic carbocycles. The molecule has 0 saturated heterocycles. The number of ketones is 1. The summed E-state index contributed by atoms with van der Waals surface area (Å²) < 4.78 is 5.00. The van der Waals surface area contributed by atoms with E-state index in [0.717, 1.165) is 11.3 Å². The minimum atomic E-state index is 0.0494. The highest BCUT2D eigenvalue weighted by molar-refractivity contribution is 5.97. The van der Waals surface area contributed by atoms with Gasteiger partial charge in [-0.2, -0.15) is 0 Å². The molecule has 2 nitrogen and oxygen atoms in total. The van der Waals surface area contributed by atoms with Gasteiger partial charge in [-0.15, -0.1) is 0 Å². The second-order valence-electron chi connectivity index (χ2n) is 3.25. The van der Waals surface area contributed by atoms with Crippen molar-refractivity contribution >= 4 is 5.78 Å². The molecule has 0 bridgehead atoms. The number of carbonyl (C=O) groups is 1. The first-order chi connectivity index (χ1) is 7.15. The maximum absolute atomic E-state index is 11.5. The minimum Gasteiger partial charge on any atom is -0.497 e. The molecule has 0 fully saturated rings. The molecular formula is C13H20O2. The molecule has 0 radical (unpaired) electrons. The molecular weight excluding hydrogens is 188 g/mol. The van der Waals surface area contributed by atoms with Crippen molar-refractivity contribution in [3.8, 4) is 5.75 Å². The van der Waals surface area contributed by atoms with Gasteiger partial charge in [-0.1, -0.05) is 27.7 Å². The van der Waals surface area contributed by atoms with Gasteiger partial charge in [-0.25, -0.2) is 0 Å². The number of Topliss-reactive ketones (excluding diaryl/α,β-unsaturated/α-hetero) is 1. The van der Waals surface area contributed by atoms with E-state index in [1.54, 1.807) is 31.4 Å². The van der Waals surface area contributed by atoms with Crippen LogP contribution in [-0.4, -0.2) is 12.9 Å². The van der Waals surface area contributed by atoms with Gasteiger partial charge in [0.25, 0.3) is 0 Å². The molecule has 0 atom stereocenters. The zero-order valence-corrected chi connectivity index (χ0v) is 10.2. The van der Waals surface area contributed by atoms with E-state index in [0.29, 0.717) is 0 Å². The van der Waals surface area contributed by atoms with Crippen LogP contribution in [0.2, 0.25) is 0 Å². The van der Waals surface area contributed by atoms with Gasteiger partial charge in [0, 0.05) is 11.5 Å². The first-order valence-electron chi connectivity index (χ1n) is 5.33. The molecule has 0 unspecified atom stereocenters. The largest absolute Gasteiger partial charge is 0.497 e. The Bertz CT molecular complexity index is 286. The molecule has 0 aliphatic rings. The molecule has 0 aliphatic heterocycles. The van der Waals surface area contributed by atoms with Crippen molar-refractivity contribution in [2.45, 2.75) is 27.7 Å². The van der Waals surface area contributed by atoms with Crippen molar-refractivity contribution in [3.05, 3.63) is 29.8 Å². The molecule has 2 heteroatoms. The van der Waals surface area contributed by atoms with Gasteiger partial charge in [0.1, 0.15) is 5.75 Å². The summed E-state index contributed by atoms with van der Waals surface area (Å²) in [5, 5.41) is 0. The van der Waals surface area contributed by atoms with Crippen molar-refractivity contribution in [1.82, 2.24) is 0 Å². The Balaban J connectivity index is 0.000000921. The molecule has 0 amide bonds. The van der Waals surface area contributed by atoms with Crippen LogP contribution in [0, 0.1) is 5.92 Å². The predicted molar refractivity (Wildman–Crippen MR) is 63.5 cm³/mol.